The van der Waals surface area contributed by atoms with Gasteiger partial charge >= 0.3 is 0 Å². The van der Waals surface area contributed by atoms with Crippen LogP contribution in [0.5, 0.6) is 0 Å². The number of hydrogen-bond donors (Lipinski definition) is 1. The molecule has 0 aromatic heterocycles. The van der Waals surface area contributed by atoms with Crippen molar-refractivity contribution in [3.63, 3.8) is 0 Å². The van der Waals surface area contributed by atoms with Gasteiger partial charge in [0.15, 0.2) is 0 Å². The van der Waals surface area contributed by atoms with Crippen molar-refractivity contribution in [1.82, 2.24) is 10.2 Å². The summed E-state index contributed by atoms with van der Waals surface area (Å²) in [6.07, 6.45) is 1.19. The van der Waals surface area contributed by atoms with Crippen LogP contribution in [0.25, 0.3) is 0 Å². The molecule has 0 radical (unpaired) electrons. The Labute approximate surface area is 113 Å². The van der Waals surface area contributed by atoms with Gasteiger partial charge in [-0.05, 0) is 43.1 Å². The fraction of sp³-hybridized carbons (Fsp3) is 0.533. The van der Waals surface area contributed by atoms with Gasteiger partial charge in [-0.1, -0.05) is 6.07 Å². The van der Waals surface area contributed by atoms with E-state index in [9.17, 15) is 4.79 Å². The molecule has 1 atom stereocenters. The van der Waals surface area contributed by atoms with E-state index >= 15 is 0 Å². The fourth-order valence-electron chi connectivity index (χ4n) is 2.80. The van der Waals surface area contributed by atoms with Gasteiger partial charge in [0.25, 0.3) is 5.91 Å². The molecule has 19 heavy (non-hydrogen) atoms. The van der Waals surface area contributed by atoms with Crippen LogP contribution in [0.2, 0.25) is 0 Å². The molecule has 1 unspecified atom stereocenters. The highest BCUT2D eigenvalue weighted by molar-refractivity contribution is 5.94. The van der Waals surface area contributed by atoms with Crippen LogP contribution in [0, 0.1) is 0 Å². The first-order chi connectivity index (χ1) is 9.24. The highest BCUT2D eigenvalue weighted by Crippen LogP contribution is 2.18. The van der Waals surface area contributed by atoms with E-state index in [1.54, 1.807) is 0 Å². The van der Waals surface area contributed by atoms with Crippen molar-refractivity contribution >= 4 is 5.91 Å². The van der Waals surface area contributed by atoms with E-state index in [0.717, 1.165) is 25.1 Å². The number of carbonyl (C=O) groups is 1. The monoisotopic (exact) mass is 260 g/mol. The number of carbonyl (C=O) groups excluding carboxylic acids is 1. The molecule has 0 aliphatic carbocycles. The maximum Gasteiger partial charge on any atom is 0.254 e. The number of ether oxygens (including phenoxy) is 1. The van der Waals surface area contributed by atoms with Crippen molar-refractivity contribution < 1.29 is 9.53 Å². The molecular weight excluding hydrogens is 240 g/mol. The molecule has 3 rings (SSSR count). The third-order valence-electron chi connectivity index (χ3n) is 3.87. The number of nitrogens with one attached hydrogen (secondary N) is 1. The Morgan fingerprint density at radius 2 is 2.32 bits per heavy atom. The molecule has 1 saturated heterocycles. The van der Waals surface area contributed by atoms with Crippen molar-refractivity contribution in [2.24, 2.45) is 0 Å². The summed E-state index contributed by atoms with van der Waals surface area (Å²) >= 11 is 0. The molecule has 4 heteroatoms. The molecule has 1 aromatic rings. The first-order valence-electron chi connectivity index (χ1n) is 6.97. The maximum atomic E-state index is 12.5. The predicted molar refractivity (Wildman–Crippen MR) is 73.2 cm³/mol. The zero-order chi connectivity index (χ0) is 13.2. The third kappa shape index (κ3) is 2.65. The summed E-state index contributed by atoms with van der Waals surface area (Å²) in [5.41, 5.74) is 3.43. The molecule has 4 nitrogen and oxygen atoms in total. The molecule has 0 spiro atoms. The lowest BCUT2D eigenvalue weighted by Gasteiger charge is -2.31. The molecule has 1 aromatic carbocycles. The number of hydrogen-bond acceptors (Lipinski definition) is 3. The van der Waals surface area contributed by atoms with Crippen molar-refractivity contribution in [1.29, 1.82) is 0 Å². The zero-order valence-corrected chi connectivity index (χ0v) is 11.3. The molecule has 1 fully saturated rings. The Morgan fingerprint density at radius 3 is 3.16 bits per heavy atom. The minimum absolute atomic E-state index is 0.128. The lowest BCUT2D eigenvalue weighted by molar-refractivity contribution is -0.0124. The van der Waals surface area contributed by atoms with Gasteiger partial charge in [0.05, 0.1) is 12.7 Å². The molecule has 2 aliphatic heterocycles. The smallest absolute Gasteiger partial charge is 0.254 e. The van der Waals surface area contributed by atoms with Gasteiger partial charge in [-0.2, -0.15) is 0 Å². The van der Waals surface area contributed by atoms with E-state index in [1.165, 1.54) is 11.1 Å². The number of nitrogens with zero attached hydrogens (tertiary/aromatic N) is 1. The van der Waals surface area contributed by atoms with Gasteiger partial charge in [0.2, 0.25) is 0 Å². The summed E-state index contributed by atoms with van der Waals surface area (Å²) in [6, 6.07) is 6.11. The molecule has 2 heterocycles. The Morgan fingerprint density at radius 1 is 1.42 bits per heavy atom. The van der Waals surface area contributed by atoms with E-state index < -0.39 is 0 Å². The lowest BCUT2D eigenvalue weighted by atomic mass is 9.98. The second kappa shape index (κ2) is 5.31. The first kappa shape index (κ1) is 12.6. The van der Waals surface area contributed by atoms with E-state index in [-0.39, 0.29) is 12.0 Å². The number of amides is 1. The van der Waals surface area contributed by atoms with E-state index in [4.69, 9.17) is 4.74 Å². The van der Waals surface area contributed by atoms with Gasteiger partial charge in [-0.25, -0.2) is 0 Å². The Hall–Kier alpha value is -1.39. The van der Waals surface area contributed by atoms with Crippen molar-refractivity contribution in [2.45, 2.75) is 26.0 Å². The summed E-state index contributed by atoms with van der Waals surface area (Å²) in [5, 5.41) is 3.35. The molecule has 0 saturated carbocycles. The lowest BCUT2D eigenvalue weighted by Crippen LogP contribution is -2.44. The fourth-order valence-corrected chi connectivity index (χ4v) is 2.80. The summed E-state index contributed by atoms with van der Waals surface area (Å²) in [7, 11) is 0. The SMILES string of the molecule is CC1CN(C(=O)c2ccc3c(c2)CNCC3)CCO1. The predicted octanol–water partition coefficient (Wildman–Crippen LogP) is 1.19. The summed E-state index contributed by atoms with van der Waals surface area (Å²) in [4.78, 5) is 14.4. The standard InChI is InChI=1S/C15H20N2O2/c1-11-10-17(6-7-19-11)15(18)13-3-2-12-4-5-16-9-14(12)8-13/h2-3,8,11,16H,4-7,9-10H2,1H3. The van der Waals surface area contributed by atoms with Crippen LogP contribution >= 0.6 is 0 Å². The third-order valence-corrected chi connectivity index (χ3v) is 3.87. The normalized spacial score (nSPS) is 23.0. The van der Waals surface area contributed by atoms with Gasteiger partial charge in [-0.3, -0.25) is 4.79 Å². The van der Waals surface area contributed by atoms with Crippen LogP contribution in [0.1, 0.15) is 28.4 Å². The molecule has 2 aliphatic rings. The molecule has 1 N–H and O–H groups in total. The molecule has 1 amide bonds. The van der Waals surface area contributed by atoms with Gasteiger partial charge in [0.1, 0.15) is 0 Å². The quantitative estimate of drug-likeness (QED) is 0.825. The highest BCUT2D eigenvalue weighted by Gasteiger charge is 2.23. The van der Waals surface area contributed by atoms with E-state index in [1.807, 2.05) is 24.0 Å². The largest absolute Gasteiger partial charge is 0.375 e. The zero-order valence-electron chi connectivity index (χ0n) is 11.3. The average molecular weight is 260 g/mol. The Balaban J connectivity index is 1.79. The minimum atomic E-state index is 0.128. The second-order valence-electron chi connectivity index (χ2n) is 5.34. The van der Waals surface area contributed by atoms with Crippen molar-refractivity contribution in [2.75, 3.05) is 26.2 Å². The topological polar surface area (TPSA) is 41.6 Å². The Bertz CT molecular complexity index is 487. The maximum absolute atomic E-state index is 12.5. The van der Waals surface area contributed by atoms with Crippen molar-refractivity contribution in [3.05, 3.63) is 34.9 Å². The highest BCUT2D eigenvalue weighted by atomic mass is 16.5. The van der Waals surface area contributed by atoms with Gasteiger partial charge in [0, 0.05) is 25.2 Å². The van der Waals surface area contributed by atoms with E-state index in [2.05, 4.69) is 11.4 Å². The number of morpholine rings is 1. The van der Waals surface area contributed by atoms with Crippen LogP contribution in [0.3, 0.4) is 0 Å². The van der Waals surface area contributed by atoms with Crippen LogP contribution in [0.4, 0.5) is 0 Å². The van der Waals surface area contributed by atoms with Crippen LogP contribution in [0.15, 0.2) is 18.2 Å². The van der Waals surface area contributed by atoms with Crippen LogP contribution in [-0.4, -0.2) is 43.2 Å². The van der Waals surface area contributed by atoms with Crippen LogP contribution in [-0.2, 0) is 17.7 Å². The molecular formula is C15H20N2O2. The number of benzene rings is 1. The Kier molecular flexibility index (Phi) is 3.53. The average Bonchev–Trinajstić information content (AvgIpc) is 2.46. The van der Waals surface area contributed by atoms with Gasteiger partial charge in [-0.15, -0.1) is 0 Å². The molecule has 0 bridgehead atoms. The second-order valence-corrected chi connectivity index (χ2v) is 5.34. The molecule has 102 valence electrons. The number of rotatable bonds is 1. The van der Waals surface area contributed by atoms with Crippen LogP contribution < -0.4 is 5.32 Å². The van der Waals surface area contributed by atoms with E-state index in [0.29, 0.717) is 19.7 Å². The van der Waals surface area contributed by atoms with Crippen molar-refractivity contribution in [3.8, 4) is 0 Å². The number of fused-ring (bicyclic) bond motifs is 1. The van der Waals surface area contributed by atoms with Gasteiger partial charge < -0.3 is 15.0 Å². The summed E-state index contributed by atoms with van der Waals surface area (Å²) < 4.78 is 5.48. The minimum Gasteiger partial charge on any atom is -0.375 e. The summed E-state index contributed by atoms with van der Waals surface area (Å²) in [5.74, 6) is 0.128. The summed E-state index contributed by atoms with van der Waals surface area (Å²) in [6.45, 7) is 5.93. The first-order valence-corrected chi connectivity index (χ1v) is 6.97.